The molecule has 21 heavy (non-hydrogen) atoms. The number of hydrogen-bond acceptors (Lipinski definition) is 4. The van der Waals surface area contributed by atoms with E-state index in [1.165, 1.54) is 38.2 Å². The molecular weight excluding hydrogens is 268 g/mol. The molecule has 0 aromatic carbocycles. The van der Waals surface area contributed by atoms with E-state index in [1.54, 1.807) is 13.2 Å². The van der Waals surface area contributed by atoms with Crippen LogP contribution >= 0.6 is 0 Å². The van der Waals surface area contributed by atoms with Gasteiger partial charge in [-0.05, 0) is 36.8 Å². The van der Waals surface area contributed by atoms with Gasteiger partial charge in [0.1, 0.15) is 5.82 Å². The first-order valence-corrected chi connectivity index (χ1v) is 7.58. The molecule has 1 aliphatic rings. The van der Waals surface area contributed by atoms with Gasteiger partial charge in [-0.1, -0.05) is 25.3 Å². The van der Waals surface area contributed by atoms with E-state index in [0.29, 0.717) is 5.82 Å². The molecule has 0 spiro atoms. The molecule has 0 atom stereocenters. The Kier molecular flexibility index (Phi) is 5.56. The standard InChI is InChI=1S/C16H24N2O3/c1-21-11-10-16(8-3-2-4-9-16)12-17-14-7-5-6-13(18-14)15(19)20/h5-7H,2-4,8-12H2,1H3,(H,17,18)(H,19,20). The Morgan fingerprint density at radius 3 is 2.81 bits per heavy atom. The van der Waals surface area contributed by atoms with Crippen LogP contribution < -0.4 is 5.32 Å². The predicted molar refractivity (Wildman–Crippen MR) is 81.7 cm³/mol. The molecule has 1 saturated carbocycles. The van der Waals surface area contributed by atoms with Crippen molar-refractivity contribution in [3.05, 3.63) is 23.9 Å². The summed E-state index contributed by atoms with van der Waals surface area (Å²) in [6.45, 7) is 1.59. The first-order chi connectivity index (χ1) is 10.2. The zero-order chi connectivity index (χ0) is 15.1. The minimum absolute atomic E-state index is 0.0783. The summed E-state index contributed by atoms with van der Waals surface area (Å²) in [4.78, 5) is 15.1. The van der Waals surface area contributed by atoms with Crippen molar-refractivity contribution in [3.63, 3.8) is 0 Å². The fraction of sp³-hybridized carbons (Fsp3) is 0.625. The highest BCUT2D eigenvalue weighted by atomic mass is 16.5. The summed E-state index contributed by atoms with van der Waals surface area (Å²) in [7, 11) is 1.74. The van der Waals surface area contributed by atoms with Crippen LogP contribution in [-0.2, 0) is 4.74 Å². The van der Waals surface area contributed by atoms with E-state index in [0.717, 1.165) is 19.6 Å². The minimum Gasteiger partial charge on any atom is -0.477 e. The van der Waals surface area contributed by atoms with E-state index in [2.05, 4.69) is 10.3 Å². The van der Waals surface area contributed by atoms with Crippen molar-refractivity contribution in [1.82, 2.24) is 4.98 Å². The van der Waals surface area contributed by atoms with Gasteiger partial charge >= 0.3 is 5.97 Å². The number of methoxy groups -OCH3 is 1. The van der Waals surface area contributed by atoms with Gasteiger partial charge in [-0.15, -0.1) is 0 Å². The number of carbonyl (C=O) groups is 1. The molecule has 2 N–H and O–H groups in total. The number of rotatable bonds is 7. The average molecular weight is 292 g/mol. The predicted octanol–water partition coefficient (Wildman–Crippen LogP) is 3.18. The molecular formula is C16H24N2O3. The number of carboxylic acid groups (broad SMARTS) is 1. The van der Waals surface area contributed by atoms with Gasteiger partial charge in [-0.25, -0.2) is 9.78 Å². The summed E-state index contributed by atoms with van der Waals surface area (Å²) in [6, 6.07) is 5.05. The van der Waals surface area contributed by atoms with Crippen LogP contribution in [0.3, 0.4) is 0 Å². The number of aromatic carboxylic acids is 1. The zero-order valence-corrected chi connectivity index (χ0v) is 12.6. The molecule has 0 saturated heterocycles. The summed E-state index contributed by atoms with van der Waals surface area (Å²) >= 11 is 0. The third kappa shape index (κ3) is 4.43. The highest BCUT2D eigenvalue weighted by Crippen LogP contribution is 2.39. The van der Waals surface area contributed by atoms with E-state index in [1.807, 2.05) is 6.07 Å². The molecule has 0 aliphatic heterocycles. The molecule has 1 aromatic rings. The lowest BCUT2D eigenvalue weighted by Crippen LogP contribution is -2.33. The fourth-order valence-electron chi connectivity index (χ4n) is 3.07. The second kappa shape index (κ2) is 7.41. The molecule has 0 unspecified atom stereocenters. The van der Waals surface area contributed by atoms with Crippen molar-refractivity contribution < 1.29 is 14.6 Å². The lowest BCUT2D eigenvalue weighted by atomic mass is 9.72. The van der Waals surface area contributed by atoms with Crippen molar-refractivity contribution in [1.29, 1.82) is 0 Å². The second-order valence-electron chi connectivity index (χ2n) is 5.87. The topological polar surface area (TPSA) is 71.5 Å². The third-order valence-electron chi connectivity index (χ3n) is 4.36. The van der Waals surface area contributed by atoms with Crippen LogP contribution in [0, 0.1) is 5.41 Å². The maximum atomic E-state index is 11.0. The van der Waals surface area contributed by atoms with Gasteiger partial charge < -0.3 is 15.2 Å². The Bertz CT molecular complexity index is 470. The summed E-state index contributed by atoms with van der Waals surface area (Å²) < 4.78 is 5.25. The summed E-state index contributed by atoms with van der Waals surface area (Å²) in [5, 5.41) is 12.3. The monoisotopic (exact) mass is 292 g/mol. The number of nitrogens with one attached hydrogen (secondary N) is 1. The van der Waals surface area contributed by atoms with Crippen molar-refractivity contribution >= 4 is 11.8 Å². The van der Waals surface area contributed by atoms with E-state index < -0.39 is 5.97 Å². The SMILES string of the molecule is COCCC1(CNc2cccc(C(=O)O)n2)CCCCC1. The van der Waals surface area contributed by atoms with E-state index >= 15 is 0 Å². The first-order valence-electron chi connectivity index (χ1n) is 7.58. The van der Waals surface area contributed by atoms with Crippen LogP contribution in [0.25, 0.3) is 0 Å². The molecule has 1 aliphatic carbocycles. The summed E-state index contributed by atoms with van der Waals surface area (Å²) in [5.74, 6) is -0.359. The van der Waals surface area contributed by atoms with Crippen LogP contribution in [0.5, 0.6) is 0 Å². The number of aromatic nitrogens is 1. The van der Waals surface area contributed by atoms with Crippen molar-refractivity contribution in [3.8, 4) is 0 Å². The lowest BCUT2D eigenvalue weighted by molar-refractivity contribution is 0.0690. The number of ether oxygens (including phenoxy) is 1. The highest BCUT2D eigenvalue weighted by molar-refractivity contribution is 5.85. The Balaban J connectivity index is 2.00. The van der Waals surface area contributed by atoms with Gasteiger partial charge in [0.15, 0.2) is 5.69 Å². The molecule has 1 fully saturated rings. The van der Waals surface area contributed by atoms with Gasteiger partial charge in [0, 0.05) is 20.3 Å². The Morgan fingerprint density at radius 1 is 1.38 bits per heavy atom. The van der Waals surface area contributed by atoms with Crippen molar-refractivity contribution in [2.45, 2.75) is 38.5 Å². The van der Waals surface area contributed by atoms with Crippen LogP contribution in [0.15, 0.2) is 18.2 Å². The smallest absolute Gasteiger partial charge is 0.354 e. The molecule has 1 heterocycles. The Hall–Kier alpha value is -1.62. The first kappa shape index (κ1) is 15.8. The third-order valence-corrected chi connectivity index (χ3v) is 4.36. The number of hydrogen-bond donors (Lipinski definition) is 2. The number of anilines is 1. The van der Waals surface area contributed by atoms with Crippen LogP contribution in [-0.4, -0.2) is 36.3 Å². The zero-order valence-electron chi connectivity index (χ0n) is 12.6. The Labute approximate surface area is 125 Å². The molecule has 5 heteroatoms. The number of pyridine rings is 1. The van der Waals surface area contributed by atoms with E-state index in [9.17, 15) is 4.79 Å². The number of carboxylic acids is 1. The largest absolute Gasteiger partial charge is 0.477 e. The number of nitrogens with zero attached hydrogens (tertiary/aromatic N) is 1. The normalized spacial score (nSPS) is 17.4. The summed E-state index contributed by atoms with van der Waals surface area (Å²) in [6.07, 6.45) is 7.25. The van der Waals surface area contributed by atoms with Gasteiger partial charge in [-0.2, -0.15) is 0 Å². The van der Waals surface area contributed by atoms with E-state index in [4.69, 9.17) is 9.84 Å². The maximum Gasteiger partial charge on any atom is 0.354 e. The molecule has 2 rings (SSSR count). The molecule has 0 amide bonds. The molecule has 0 radical (unpaired) electrons. The van der Waals surface area contributed by atoms with Gasteiger partial charge in [0.05, 0.1) is 0 Å². The molecule has 0 bridgehead atoms. The second-order valence-corrected chi connectivity index (χ2v) is 5.87. The van der Waals surface area contributed by atoms with Crippen LogP contribution in [0.2, 0.25) is 0 Å². The average Bonchev–Trinajstić information content (AvgIpc) is 2.52. The minimum atomic E-state index is -0.995. The Morgan fingerprint density at radius 2 is 2.14 bits per heavy atom. The van der Waals surface area contributed by atoms with E-state index in [-0.39, 0.29) is 11.1 Å². The molecule has 116 valence electrons. The lowest BCUT2D eigenvalue weighted by Gasteiger charge is -2.37. The fourth-order valence-corrected chi connectivity index (χ4v) is 3.07. The van der Waals surface area contributed by atoms with Gasteiger partial charge in [0.25, 0.3) is 0 Å². The molecule has 5 nitrogen and oxygen atoms in total. The quantitative estimate of drug-likeness (QED) is 0.807. The molecule has 1 aromatic heterocycles. The van der Waals surface area contributed by atoms with Gasteiger partial charge in [-0.3, -0.25) is 0 Å². The van der Waals surface area contributed by atoms with Crippen LogP contribution in [0.1, 0.15) is 49.0 Å². The van der Waals surface area contributed by atoms with Crippen LogP contribution in [0.4, 0.5) is 5.82 Å². The van der Waals surface area contributed by atoms with Crippen molar-refractivity contribution in [2.24, 2.45) is 5.41 Å². The summed E-state index contributed by atoms with van der Waals surface area (Å²) in [5.41, 5.74) is 0.324. The van der Waals surface area contributed by atoms with Gasteiger partial charge in [0.2, 0.25) is 0 Å². The maximum absolute atomic E-state index is 11.0. The highest BCUT2D eigenvalue weighted by Gasteiger charge is 2.31. The van der Waals surface area contributed by atoms with Crippen molar-refractivity contribution in [2.75, 3.05) is 25.6 Å².